The van der Waals surface area contributed by atoms with E-state index in [9.17, 15) is 4.79 Å². The molecule has 4 rings (SSSR count). The second kappa shape index (κ2) is 8.16. The molecule has 1 N–H and O–H groups in total. The van der Waals surface area contributed by atoms with Crippen molar-refractivity contribution in [2.24, 2.45) is 0 Å². The lowest BCUT2D eigenvalue weighted by atomic mass is 9.94. The molecule has 0 radical (unpaired) electrons. The highest BCUT2D eigenvalue weighted by Gasteiger charge is 2.35. The third-order valence-electron chi connectivity index (χ3n) is 5.11. The summed E-state index contributed by atoms with van der Waals surface area (Å²) in [7, 11) is 3.48. The maximum absolute atomic E-state index is 13.2. The van der Waals surface area contributed by atoms with Crippen LogP contribution in [0.15, 0.2) is 53.7 Å². The van der Waals surface area contributed by atoms with E-state index in [-0.39, 0.29) is 11.9 Å². The molecule has 2 aromatic rings. The molecule has 0 spiro atoms. The Morgan fingerprint density at radius 1 is 1.13 bits per heavy atom. The Balaban J connectivity index is 1.81. The lowest BCUT2D eigenvalue weighted by Crippen LogP contribution is -2.49. The van der Waals surface area contributed by atoms with Gasteiger partial charge in [0.25, 0.3) is 5.91 Å². The molecule has 0 saturated heterocycles. The second-order valence-electron chi connectivity index (χ2n) is 7.30. The number of benzene rings is 2. The van der Waals surface area contributed by atoms with E-state index in [0.29, 0.717) is 40.4 Å². The highest BCUT2D eigenvalue weighted by atomic mass is 35.5. The highest BCUT2D eigenvalue weighted by Crippen LogP contribution is 2.39. The molecule has 2 aliphatic heterocycles. The van der Waals surface area contributed by atoms with Crippen LogP contribution in [-0.4, -0.2) is 43.2 Å². The Hall–Kier alpha value is -2.77. The molecule has 2 aromatic carbocycles. The maximum Gasteiger partial charge on any atom is 0.253 e. The van der Waals surface area contributed by atoms with Crippen LogP contribution in [0.2, 0.25) is 5.02 Å². The summed E-state index contributed by atoms with van der Waals surface area (Å²) in [6.45, 7) is 2.93. The normalized spacial score (nSPS) is 18.2. The molecule has 30 heavy (non-hydrogen) atoms. The molecule has 0 unspecified atom stereocenters. The summed E-state index contributed by atoms with van der Waals surface area (Å²) in [5, 5.41) is 4.47. The van der Waals surface area contributed by atoms with Gasteiger partial charge < -0.3 is 19.7 Å². The van der Waals surface area contributed by atoms with E-state index in [1.54, 1.807) is 19.0 Å². The number of likely N-dealkylation sites (N-methyl/N-ethyl adjacent to an activating group) is 1. The van der Waals surface area contributed by atoms with Crippen molar-refractivity contribution < 1.29 is 14.3 Å². The number of halogens is 1. The summed E-state index contributed by atoms with van der Waals surface area (Å²) < 4.78 is 11.3. The zero-order valence-electron chi connectivity index (χ0n) is 16.9. The first-order valence-electron chi connectivity index (χ1n) is 9.55. The zero-order valence-corrected chi connectivity index (χ0v) is 18.5. The number of hydrogen-bond acceptors (Lipinski definition) is 4. The van der Waals surface area contributed by atoms with Crippen LogP contribution in [0.25, 0.3) is 0 Å². The number of hydrogen-bond donors (Lipinski definition) is 1. The van der Waals surface area contributed by atoms with Gasteiger partial charge in [-0.05, 0) is 49.0 Å². The van der Waals surface area contributed by atoms with Gasteiger partial charge in [0, 0.05) is 30.9 Å². The number of rotatable bonds is 3. The van der Waals surface area contributed by atoms with Gasteiger partial charge in [-0.3, -0.25) is 9.69 Å². The van der Waals surface area contributed by atoms with Crippen molar-refractivity contribution in [3.8, 4) is 11.5 Å². The lowest BCUT2D eigenvalue weighted by molar-refractivity contribution is -0.125. The minimum absolute atomic E-state index is 0.0926. The monoisotopic (exact) mass is 443 g/mol. The predicted octanol–water partition coefficient (Wildman–Crippen LogP) is 3.91. The Kier molecular flexibility index (Phi) is 5.58. The van der Waals surface area contributed by atoms with E-state index in [1.165, 1.54) is 0 Å². The van der Waals surface area contributed by atoms with Crippen molar-refractivity contribution in [2.45, 2.75) is 13.0 Å². The van der Waals surface area contributed by atoms with Crippen LogP contribution in [0.4, 0.5) is 5.69 Å². The number of thiocarbonyl (C=S) groups is 1. The van der Waals surface area contributed by atoms with Gasteiger partial charge in [0.2, 0.25) is 0 Å². The van der Waals surface area contributed by atoms with Gasteiger partial charge in [-0.25, -0.2) is 0 Å². The molecule has 1 atom stereocenters. The number of nitrogens with one attached hydrogen (secondary N) is 1. The largest absolute Gasteiger partial charge is 0.486 e. The third-order valence-corrected chi connectivity index (χ3v) is 5.66. The van der Waals surface area contributed by atoms with Crippen LogP contribution in [0.3, 0.4) is 0 Å². The summed E-state index contributed by atoms with van der Waals surface area (Å²) in [4.78, 5) is 16.6. The zero-order chi connectivity index (χ0) is 21.4. The number of ether oxygens (including phenoxy) is 2. The quantitative estimate of drug-likeness (QED) is 0.726. The van der Waals surface area contributed by atoms with E-state index in [0.717, 1.165) is 16.9 Å². The van der Waals surface area contributed by atoms with Crippen LogP contribution in [0.1, 0.15) is 18.5 Å². The molecule has 2 heterocycles. The molecule has 6 nitrogen and oxygen atoms in total. The van der Waals surface area contributed by atoms with Gasteiger partial charge in [-0.2, -0.15) is 0 Å². The molecule has 8 heteroatoms. The Morgan fingerprint density at radius 2 is 1.80 bits per heavy atom. The molecule has 2 aliphatic rings. The molecular formula is C22H22ClN3O3S. The van der Waals surface area contributed by atoms with Crippen LogP contribution >= 0.6 is 23.8 Å². The Labute approximate surface area is 186 Å². The van der Waals surface area contributed by atoms with Crippen molar-refractivity contribution in [2.75, 3.05) is 32.2 Å². The first-order chi connectivity index (χ1) is 14.4. The van der Waals surface area contributed by atoms with Crippen molar-refractivity contribution >= 4 is 40.5 Å². The minimum Gasteiger partial charge on any atom is -0.486 e. The summed E-state index contributed by atoms with van der Waals surface area (Å²) in [6, 6.07) is 12.7. The standard InChI is InChI=1S/C22H22ClN3O3S/c1-13-19(21(27)25(2)3)20(14-4-6-15(23)7-5-14)24-22(30)26(13)16-8-9-17-18(12-16)29-11-10-28-17/h4-9,12,20H,10-11H2,1-3H3,(H,24,30)/t20-/m1/s1. The van der Waals surface area contributed by atoms with Crippen LogP contribution in [-0.2, 0) is 4.79 Å². The summed E-state index contributed by atoms with van der Waals surface area (Å²) in [6.07, 6.45) is 0. The number of carbonyl (C=O) groups excluding carboxylic acids is 1. The van der Waals surface area contributed by atoms with Crippen LogP contribution < -0.4 is 19.7 Å². The first-order valence-corrected chi connectivity index (χ1v) is 10.3. The smallest absolute Gasteiger partial charge is 0.253 e. The minimum atomic E-state index is -0.377. The second-order valence-corrected chi connectivity index (χ2v) is 8.12. The molecule has 1 amide bonds. The molecule has 0 fully saturated rings. The summed E-state index contributed by atoms with van der Waals surface area (Å²) in [5.74, 6) is 1.27. The number of carbonyl (C=O) groups is 1. The van der Waals surface area contributed by atoms with E-state index >= 15 is 0 Å². The maximum atomic E-state index is 13.2. The molecule has 156 valence electrons. The van der Waals surface area contributed by atoms with E-state index < -0.39 is 0 Å². The number of allylic oxidation sites excluding steroid dienone is 1. The van der Waals surface area contributed by atoms with Gasteiger partial charge in [0.15, 0.2) is 16.6 Å². The fourth-order valence-electron chi connectivity index (χ4n) is 3.65. The van der Waals surface area contributed by atoms with Gasteiger partial charge >= 0.3 is 0 Å². The fourth-order valence-corrected chi connectivity index (χ4v) is 4.13. The molecule has 0 saturated carbocycles. The van der Waals surface area contributed by atoms with Crippen molar-refractivity contribution in [1.82, 2.24) is 10.2 Å². The third kappa shape index (κ3) is 3.70. The van der Waals surface area contributed by atoms with Gasteiger partial charge in [0.05, 0.1) is 17.3 Å². The molecule has 0 aliphatic carbocycles. The van der Waals surface area contributed by atoms with Crippen LogP contribution in [0.5, 0.6) is 11.5 Å². The van der Waals surface area contributed by atoms with Crippen LogP contribution in [0, 0.1) is 0 Å². The average molecular weight is 444 g/mol. The lowest BCUT2D eigenvalue weighted by Gasteiger charge is -2.38. The van der Waals surface area contributed by atoms with Crippen molar-refractivity contribution in [3.63, 3.8) is 0 Å². The Morgan fingerprint density at radius 3 is 2.47 bits per heavy atom. The number of amides is 1. The fraction of sp³-hybridized carbons (Fsp3) is 0.273. The van der Waals surface area contributed by atoms with Gasteiger partial charge in [-0.1, -0.05) is 23.7 Å². The van der Waals surface area contributed by atoms with E-state index in [2.05, 4.69) is 5.32 Å². The average Bonchev–Trinajstić information content (AvgIpc) is 2.73. The topological polar surface area (TPSA) is 54.0 Å². The van der Waals surface area contributed by atoms with Gasteiger partial charge in [-0.15, -0.1) is 0 Å². The molecule has 0 bridgehead atoms. The van der Waals surface area contributed by atoms with Crippen molar-refractivity contribution in [3.05, 3.63) is 64.3 Å². The van der Waals surface area contributed by atoms with E-state index in [1.807, 2.05) is 54.3 Å². The SMILES string of the molecule is CC1=C(C(=O)N(C)C)[C@@H](c2ccc(Cl)cc2)NC(=S)N1c1ccc2c(c1)OCCO2. The highest BCUT2D eigenvalue weighted by molar-refractivity contribution is 7.80. The first kappa shape index (κ1) is 20.5. The summed E-state index contributed by atoms with van der Waals surface area (Å²) >= 11 is 11.8. The predicted molar refractivity (Wildman–Crippen MR) is 121 cm³/mol. The Bertz CT molecular complexity index is 1040. The molecule has 0 aromatic heterocycles. The summed E-state index contributed by atoms with van der Waals surface area (Å²) in [5.41, 5.74) is 3.08. The van der Waals surface area contributed by atoms with Gasteiger partial charge in [0.1, 0.15) is 13.2 Å². The number of nitrogens with zero attached hydrogens (tertiary/aromatic N) is 2. The number of anilines is 1. The van der Waals surface area contributed by atoms with Crippen molar-refractivity contribution in [1.29, 1.82) is 0 Å². The molecular weight excluding hydrogens is 422 g/mol. The number of fused-ring (bicyclic) bond motifs is 1. The van der Waals surface area contributed by atoms with E-state index in [4.69, 9.17) is 33.3 Å².